The Bertz CT molecular complexity index is 1610. The van der Waals surface area contributed by atoms with Gasteiger partial charge in [-0.05, 0) is 121 Å². The molecule has 6 rings (SSSR count). The largest absolute Gasteiger partial charge is 0.497 e. The van der Waals surface area contributed by atoms with E-state index in [1.54, 1.807) is 21.3 Å². The van der Waals surface area contributed by atoms with Crippen LogP contribution in [-0.2, 0) is 25.7 Å². The fourth-order valence-corrected chi connectivity index (χ4v) is 5.61. The van der Waals surface area contributed by atoms with Crippen LogP contribution in [0, 0.1) is 11.6 Å². The summed E-state index contributed by atoms with van der Waals surface area (Å²) in [5, 5.41) is 5.99. The summed E-state index contributed by atoms with van der Waals surface area (Å²) in [7, 11) is 4.85. The van der Waals surface area contributed by atoms with Gasteiger partial charge in [0.1, 0.15) is 17.4 Å². The molecule has 0 saturated heterocycles. The van der Waals surface area contributed by atoms with Crippen LogP contribution in [0.2, 0.25) is 0 Å². The number of hydrogen-bond donors (Lipinski definition) is 2. The lowest BCUT2D eigenvalue weighted by molar-refractivity contribution is 0.0930. The highest BCUT2D eigenvalue weighted by Crippen LogP contribution is 2.35. The molecule has 4 aromatic rings. The van der Waals surface area contributed by atoms with Crippen LogP contribution in [-0.4, -0.2) is 45.2 Å². The van der Waals surface area contributed by atoms with Gasteiger partial charge >= 0.3 is 0 Å². The van der Waals surface area contributed by atoms with Gasteiger partial charge in [0.2, 0.25) is 0 Å². The van der Waals surface area contributed by atoms with Gasteiger partial charge in [0.15, 0.2) is 11.5 Å². The summed E-state index contributed by atoms with van der Waals surface area (Å²) in [5.41, 5.74) is 5.67. The number of rotatable bonds is 7. The SMILES string of the molecule is COc1cc2c(cc1OC)CC(NC(=O)c1ccc(F)cc1)C2.COc1ccc2c(c1)CC(NC(=O)c1ccc(F)cc1)C2. The predicted octanol–water partition coefficient (Wildman–Crippen LogP) is 5.47. The van der Waals surface area contributed by atoms with Gasteiger partial charge in [-0.15, -0.1) is 0 Å². The number of benzene rings is 4. The minimum Gasteiger partial charge on any atom is -0.497 e. The van der Waals surface area contributed by atoms with E-state index in [-0.39, 0.29) is 35.5 Å². The Balaban J connectivity index is 0.000000175. The average Bonchev–Trinajstić information content (AvgIpc) is 3.62. The van der Waals surface area contributed by atoms with Crippen molar-refractivity contribution < 1.29 is 32.6 Å². The molecule has 0 fully saturated rings. The smallest absolute Gasteiger partial charge is 0.251 e. The Morgan fingerprint density at radius 3 is 1.39 bits per heavy atom. The Hall–Kier alpha value is -4.92. The summed E-state index contributed by atoms with van der Waals surface area (Å²) < 4.78 is 41.6. The third-order valence-electron chi connectivity index (χ3n) is 7.87. The first-order valence-electron chi connectivity index (χ1n) is 14.3. The van der Waals surface area contributed by atoms with E-state index < -0.39 is 0 Å². The second-order valence-corrected chi connectivity index (χ2v) is 10.8. The van der Waals surface area contributed by atoms with Crippen LogP contribution in [0.15, 0.2) is 78.9 Å². The molecule has 44 heavy (non-hydrogen) atoms. The van der Waals surface area contributed by atoms with Crippen molar-refractivity contribution in [2.45, 2.75) is 37.8 Å². The van der Waals surface area contributed by atoms with Gasteiger partial charge in [-0.3, -0.25) is 9.59 Å². The van der Waals surface area contributed by atoms with Crippen molar-refractivity contribution in [3.8, 4) is 17.2 Å². The average molecular weight is 601 g/mol. The zero-order valence-electron chi connectivity index (χ0n) is 24.8. The molecule has 2 aliphatic rings. The lowest BCUT2D eigenvalue weighted by atomic mass is 10.1. The van der Waals surface area contributed by atoms with Crippen molar-refractivity contribution in [2.24, 2.45) is 0 Å². The van der Waals surface area contributed by atoms with E-state index in [2.05, 4.69) is 10.6 Å². The van der Waals surface area contributed by atoms with Gasteiger partial charge in [0, 0.05) is 23.2 Å². The fraction of sp³-hybridized carbons (Fsp3) is 0.257. The molecule has 4 aromatic carbocycles. The molecule has 0 radical (unpaired) electrons. The number of amides is 2. The standard InChI is InChI=1S/C18H18FNO3.C17H16FNO2/c1-22-16-9-12-7-15(8-13(12)10-17(16)23-2)20-18(21)11-3-5-14(19)6-4-11;1-21-16-7-4-12-8-15(9-13(12)10-16)19-17(20)11-2-5-14(18)6-3-11/h3-6,9-10,15H,7-8H2,1-2H3,(H,20,21);2-7,10,15H,8-9H2,1H3,(H,19,20). The highest BCUT2D eigenvalue weighted by molar-refractivity contribution is 5.95. The van der Waals surface area contributed by atoms with Crippen LogP contribution in [0.4, 0.5) is 8.78 Å². The summed E-state index contributed by atoms with van der Waals surface area (Å²) in [5.74, 6) is 1.16. The summed E-state index contributed by atoms with van der Waals surface area (Å²) in [6.07, 6.45) is 3.08. The molecule has 0 heterocycles. The molecule has 0 saturated carbocycles. The molecule has 1 unspecified atom stereocenters. The highest BCUT2D eigenvalue weighted by atomic mass is 19.1. The highest BCUT2D eigenvalue weighted by Gasteiger charge is 2.26. The first kappa shape index (κ1) is 30.5. The molecule has 0 aliphatic heterocycles. The van der Waals surface area contributed by atoms with E-state index in [1.807, 2.05) is 30.3 Å². The normalized spacial score (nSPS) is 14.9. The number of carbonyl (C=O) groups excluding carboxylic acids is 2. The molecule has 1 atom stereocenters. The molecule has 2 aliphatic carbocycles. The third-order valence-corrected chi connectivity index (χ3v) is 7.87. The Kier molecular flexibility index (Phi) is 9.43. The van der Waals surface area contributed by atoms with Gasteiger partial charge < -0.3 is 24.8 Å². The van der Waals surface area contributed by atoms with E-state index in [0.29, 0.717) is 22.6 Å². The van der Waals surface area contributed by atoms with Crippen molar-refractivity contribution >= 4 is 11.8 Å². The maximum absolute atomic E-state index is 12.9. The molecule has 7 nitrogen and oxygen atoms in total. The van der Waals surface area contributed by atoms with Crippen LogP contribution in [0.25, 0.3) is 0 Å². The van der Waals surface area contributed by atoms with Crippen LogP contribution in [0.3, 0.4) is 0 Å². The van der Waals surface area contributed by atoms with Crippen molar-refractivity contribution in [3.63, 3.8) is 0 Å². The van der Waals surface area contributed by atoms with Gasteiger partial charge in [0.05, 0.1) is 21.3 Å². The fourth-order valence-electron chi connectivity index (χ4n) is 5.61. The third kappa shape index (κ3) is 7.16. The van der Waals surface area contributed by atoms with Gasteiger partial charge in [-0.25, -0.2) is 8.78 Å². The Morgan fingerprint density at radius 1 is 0.568 bits per heavy atom. The molecule has 9 heteroatoms. The number of hydrogen-bond acceptors (Lipinski definition) is 5. The molecule has 0 spiro atoms. The molecule has 228 valence electrons. The molecular weight excluding hydrogens is 566 g/mol. The molecule has 2 amide bonds. The van der Waals surface area contributed by atoms with E-state index in [0.717, 1.165) is 42.6 Å². The van der Waals surface area contributed by atoms with E-state index in [1.165, 1.54) is 59.7 Å². The number of fused-ring (bicyclic) bond motifs is 2. The zero-order valence-corrected chi connectivity index (χ0v) is 24.8. The van der Waals surface area contributed by atoms with E-state index in [9.17, 15) is 18.4 Å². The number of methoxy groups -OCH3 is 3. The monoisotopic (exact) mass is 600 g/mol. The van der Waals surface area contributed by atoms with Gasteiger partial charge in [-0.1, -0.05) is 6.07 Å². The summed E-state index contributed by atoms with van der Waals surface area (Å²) in [6.45, 7) is 0. The minimum absolute atomic E-state index is 0.0133. The summed E-state index contributed by atoms with van der Waals surface area (Å²) in [4.78, 5) is 24.4. The summed E-state index contributed by atoms with van der Waals surface area (Å²) >= 11 is 0. The summed E-state index contributed by atoms with van der Waals surface area (Å²) in [6, 6.07) is 21.1. The lowest BCUT2D eigenvalue weighted by Crippen LogP contribution is -2.35. The second kappa shape index (κ2) is 13.6. The molecule has 0 bridgehead atoms. The van der Waals surface area contributed by atoms with Crippen LogP contribution < -0.4 is 24.8 Å². The lowest BCUT2D eigenvalue weighted by Gasteiger charge is -2.11. The zero-order chi connectivity index (χ0) is 31.2. The van der Waals surface area contributed by atoms with E-state index in [4.69, 9.17) is 14.2 Å². The number of ether oxygens (including phenoxy) is 3. The van der Waals surface area contributed by atoms with Crippen LogP contribution in [0.5, 0.6) is 17.2 Å². The molecular formula is C35H34F2N2O5. The van der Waals surface area contributed by atoms with Crippen molar-refractivity contribution in [1.29, 1.82) is 0 Å². The van der Waals surface area contributed by atoms with Crippen molar-refractivity contribution in [1.82, 2.24) is 10.6 Å². The van der Waals surface area contributed by atoms with Crippen LogP contribution >= 0.6 is 0 Å². The number of halogens is 2. The second-order valence-electron chi connectivity index (χ2n) is 10.8. The first-order chi connectivity index (χ1) is 21.3. The number of nitrogens with one attached hydrogen (secondary N) is 2. The maximum Gasteiger partial charge on any atom is 0.251 e. The Morgan fingerprint density at radius 2 is 0.977 bits per heavy atom. The van der Waals surface area contributed by atoms with Gasteiger partial charge in [0.25, 0.3) is 11.8 Å². The first-order valence-corrected chi connectivity index (χ1v) is 14.3. The Labute approximate surface area is 255 Å². The predicted molar refractivity (Wildman–Crippen MR) is 163 cm³/mol. The van der Waals surface area contributed by atoms with Crippen molar-refractivity contribution in [3.05, 3.63) is 124 Å². The minimum atomic E-state index is -0.353. The maximum atomic E-state index is 12.9. The van der Waals surface area contributed by atoms with Gasteiger partial charge in [-0.2, -0.15) is 0 Å². The number of carbonyl (C=O) groups is 2. The van der Waals surface area contributed by atoms with Crippen molar-refractivity contribution in [2.75, 3.05) is 21.3 Å². The van der Waals surface area contributed by atoms with E-state index >= 15 is 0 Å². The quantitative estimate of drug-likeness (QED) is 0.294. The van der Waals surface area contributed by atoms with Crippen LogP contribution in [0.1, 0.15) is 43.0 Å². The molecule has 2 N–H and O–H groups in total. The topological polar surface area (TPSA) is 85.9 Å². The molecule has 0 aromatic heterocycles.